The number of benzene rings is 3. The molecule has 0 spiro atoms. The number of amides is 1. The monoisotopic (exact) mass is 473 g/mol. The maximum Gasteiger partial charge on any atom is 0.251 e. The molecule has 0 bridgehead atoms. The van der Waals surface area contributed by atoms with Crippen LogP contribution in [0, 0.1) is 0 Å². The van der Waals surface area contributed by atoms with E-state index in [4.69, 9.17) is 9.47 Å². The summed E-state index contributed by atoms with van der Waals surface area (Å²) in [6, 6.07) is 24.4. The Morgan fingerprint density at radius 3 is 2.26 bits per heavy atom. The molecule has 6 heteroatoms. The number of nitrogens with zero attached hydrogens (tertiary/aromatic N) is 2. The van der Waals surface area contributed by atoms with Crippen LogP contribution in [0.2, 0.25) is 0 Å². The summed E-state index contributed by atoms with van der Waals surface area (Å²) in [6.07, 6.45) is 0. The Labute approximate surface area is 208 Å². The molecular formula is C29H35N3O3. The average molecular weight is 474 g/mol. The Morgan fingerprint density at radius 2 is 1.63 bits per heavy atom. The number of carbonyl (C=O) groups excluding carboxylic acids is 1. The molecule has 6 nitrogen and oxygen atoms in total. The van der Waals surface area contributed by atoms with Gasteiger partial charge in [-0.05, 0) is 43.7 Å². The molecule has 1 aliphatic rings. The van der Waals surface area contributed by atoms with Crippen molar-refractivity contribution in [2.75, 3.05) is 51.3 Å². The highest BCUT2D eigenvalue weighted by atomic mass is 16.5. The summed E-state index contributed by atoms with van der Waals surface area (Å²) in [5.41, 5.74) is 3.65. The third-order valence-corrected chi connectivity index (χ3v) is 6.52. The fourth-order valence-corrected chi connectivity index (χ4v) is 4.57. The second-order valence-corrected chi connectivity index (χ2v) is 8.77. The van der Waals surface area contributed by atoms with Crippen molar-refractivity contribution in [3.8, 4) is 22.6 Å². The van der Waals surface area contributed by atoms with E-state index in [0.717, 1.165) is 37.3 Å². The van der Waals surface area contributed by atoms with E-state index in [1.165, 1.54) is 5.69 Å². The van der Waals surface area contributed by atoms with Gasteiger partial charge in [-0.15, -0.1) is 0 Å². The quantitative estimate of drug-likeness (QED) is 0.488. The molecule has 3 aromatic carbocycles. The third kappa shape index (κ3) is 5.95. The lowest BCUT2D eigenvalue weighted by Gasteiger charge is -2.39. The Kier molecular flexibility index (Phi) is 8.27. The molecule has 4 rings (SSSR count). The van der Waals surface area contributed by atoms with Crippen LogP contribution in [0.5, 0.6) is 11.5 Å². The van der Waals surface area contributed by atoms with Gasteiger partial charge in [-0.2, -0.15) is 0 Å². The molecule has 0 radical (unpaired) electrons. The van der Waals surface area contributed by atoms with E-state index in [9.17, 15) is 4.79 Å². The first-order valence-corrected chi connectivity index (χ1v) is 12.3. The first-order valence-electron chi connectivity index (χ1n) is 12.3. The van der Waals surface area contributed by atoms with Crippen LogP contribution in [0.15, 0.2) is 72.8 Å². The molecule has 35 heavy (non-hydrogen) atoms. The number of piperazine rings is 1. The molecule has 1 fully saturated rings. The van der Waals surface area contributed by atoms with Gasteiger partial charge in [0.25, 0.3) is 5.91 Å². The second-order valence-electron chi connectivity index (χ2n) is 8.77. The van der Waals surface area contributed by atoms with Gasteiger partial charge in [0.05, 0.1) is 13.7 Å². The topological polar surface area (TPSA) is 54.0 Å². The van der Waals surface area contributed by atoms with Crippen molar-refractivity contribution < 1.29 is 14.3 Å². The summed E-state index contributed by atoms with van der Waals surface area (Å²) in [7, 11) is 1.63. The standard InChI is InChI=1S/C29H35N3O3/c1-4-35-27-20-24(19-26(28(27)34-3)23-11-7-5-8-12-23)29(33)30-21-22(2)31-15-17-32(18-16-31)25-13-9-6-10-14-25/h5-14,19-20,22H,4,15-18,21H2,1-3H3,(H,30,33). The second kappa shape index (κ2) is 11.8. The van der Waals surface area contributed by atoms with Crippen molar-refractivity contribution in [3.05, 3.63) is 78.4 Å². The van der Waals surface area contributed by atoms with E-state index in [1.807, 2.05) is 49.4 Å². The van der Waals surface area contributed by atoms with Crippen molar-refractivity contribution in [3.63, 3.8) is 0 Å². The van der Waals surface area contributed by atoms with E-state index in [0.29, 0.717) is 30.2 Å². The summed E-state index contributed by atoms with van der Waals surface area (Å²) >= 11 is 0. The van der Waals surface area contributed by atoms with Gasteiger partial charge in [-0.3, -0.25) is 9.69 Å². The van der Waals surface area contributed by atoms with Crippen molar-refractivity contribution in [2.45, 2.75) is 19.9 Å². The summed E-state index contributed by atoms with van der Waals surface area (Å²) in [5.74, 6) is 1.10. The van der Waals surface area contributed by atoms with Gasteiger partial charge in [0.15, 0.2) is 11.5 Å². The molecule has 1 aliphatic heterocycles. The minimum absolute atomic E-state index is 0.111. The number of hydrogen-bond donors (Lipinski definition) is 1. The largest absolute Gasteiger partial charge is 0.492 e. The Morgan fingerprint density at radius 1 is 0.971 bits per heavy atom. The molecular weight excluding hydrogens is 438 g/mol. The Balaban J connectivity index is 1.42. The normalized spacial score (nSPS) is 14.9. The lowest BCUT2D eigenvalue weighted by atomic mass is 10.0. The molecule has 0 aromatic heterocycles. The summed E-state index contributed by atoms with van der Waals surface area (Å²) in [6.45, 7) is 9.09. The zero-order valence-electron chi connectivity index (χ0n) is 20.9. The van der Waals surface area contributed by atoms with Gasteiger partial charge in [0.1, 0.15) is 0 Å². The number of para-hydroxylation sites is 1. The minimum Gasteiger partial charge on any atom is -0.492 e. The zero-order chi connectivity index (χ0) is 24.6. The van der Waals surface area contributed by atoms with Crippen LogP contribution < -0.4 is 19.7 Å². The van der Waals surface area contributed by atoms with Gasteiger partial charge in [-0.25, -0.2) is 0 Å². The SMILES string of the molecule is CCOc1cc(C(=O)NCC(C)N2CCN(c3ccccc3)CC2)cc(-c2ccccc2)c1OC. The van der Waals surface area contributed by atoms with Gasteiger partial charge in [0.2, 0.25) is 0 Å². The van der Waals surface area contributed by atoms with Crippen molar-refractivity contribution in [1.29, 1.82) is 0 Å². The van der Waals surface area contributed by atoms with E-state index < -0.39 is 0 Å². The molecule has 1 amide bonds. The Hall–Kier alpha value is -3.51. The van der Waals surface area contributed by atoms with Crippen LogP contribution in [-0.4, -0.2) is 63.3 Å². The molecule has 184 valence electrons. The van der Waals surface area contributed by atoms with Crippen LogP contribution in [-0.2, 0) is 0 Å². The lowest BCUT2D eigenvalue weighted by Crippen LogP contribution is -2.52. The predicted molar refractivity (Wildman–Crippen MR) is 142 cm³/mol. The van der Waals surface area contributed by atoms with E-state index >= 15 is 0 Å². The molecule has 3 aromatic rings. The average Bonchev–Trinajstić information content (AvgIpc) is 2.92. The fraction of sp³-hybridized carbons (Fsp3) is 0.345. The first-order chi connectivity index (χ1) is 17.1. The number of hydrogen-bond acceptors (Lipinski definition) is 5. The maximum absolute atomic E-state index is 13.2. The van der Waals surface area contributed by atoms with Gasteiger partial charge < -0.3 is 19.7 Å². The number of nitrogens with one attached hydrogen (secondary N) is 1. The van der Waals surface area contributed by atoms with Crippen LogP contribution in [0.25, 0.3) is 11.1 Å². The highest BCUT2D eigenvalue weighted by Crippen LogP contribution is 2.39. The Bertz CT molecular complexity index is 1100. The number of methoxy groups -OCH3 is 1. The summed E-state index contributed by atoms with van der Waals surface area (Å²) in [5, 5.41) is 3.13. The van der Waals surface area contributed by atoms with Crippen LogP contribution in [0.3, 0.4) is 0 Å². The summed E-state index contributed by atoms with van der Waals surface area (Å²) < 4.78 is 11.5. The highest BCUT2D eigenvalue weighted by Gasteiger charge is 2.23. The van der Waals surface area contributed by atoms with Gasteiger partial charge in [-0.1, -0.05) is 48.5 Å². The van der Waals surface area contributed by atoms with Crippen LogP contribution >= 0.6 is 0 Å². The predicted octanol–water partition coefficient (Wildman–Crippen LogP) is 4.70. The van der Waals surface area contributed by atoms with E-state index in [2.05, 4.69) is 46.3 Å². The maximum atomic E-state index is 13.2. The van der Waals surface area contributed by atoms with Gasteiger partial charge >= 0.3 is 0 Å². The number of anilines is 1. The molecule has 0 aliphatic carbocycles. The third-order valence-electron chi connectivity index (χ3n) is 6.52. The number of carbonyl (C=O) groups is 1. The number of rotatable bonds is 9. The molecule has 1 atom stereocenters. The summed E-state index contributed by atoms with van der Waals surface area (Å²) in [4.78, 5) is 18.0. The molecule has 0 saturated carbocycles. The molecule has 1 N–H and O–H groups in total. The van der Waals surface area contributed by atoms with Crippen LogP contribution in [0.1, 0.15) is 24.2 Å². The van der Waals surface area contributed by atoms with Crippen molar-refractivity contribution in [1.82, 2.24) is 10.2 Å². The first kappa shape index (κ1) is 24.6. The highest BCUT2D eigenvalue weighted by molar-refractivity contribution is 5.97. The van der Waals surface area contributed by atoms with E-state index in [1.54, 1.807) is 13.2 Å². The minimum atomic E-state index is -0.111. The number of ether oxygens (including phenoxy) is 2. The van der Waals surface area contributed by atoms with Crippen molar-refractivity contribution in [2.24, 2.45) is 0 Å². The fourth-order valence-electron chi connectivity index (χ4n) is 4.57. The lowest BCUT2D eigenvalue weighted by molar-refractivity contribution is 0.0934. The van der Waals surface area contributed by atoms with Gasteiger partial charge in [0, 0.05) is 55.6 Å². The van der Waals surface area contributed by atoms with E-state index in [-0.39, 0.29) is 11.9 Å². The van der Waals surface area contributed by atoms with Crippen molar-refractivity contribution >= 4 is 11.6 Å². The molecule has 1 saturated heterocycles. The zero-order valence-corrected chi connectivity index (χ0v) is 20.9. The smallest absolute Gasteiger partial charge is 0.251 e. The molecule has 1 unspecified atom stereocenters. The van der Waals surface area contributed by atoms with Crippen LogP contribution in [0.4, 0.5) is 5.69 Å². The molecule has 1 heterocycles.